The summed E-state index contributed by atoms with van der Waals surface area (Å²) in [5.74, 6) is -2.14. The van der Waals surface area contributed by atoms with Crippen LogP contribution >= 0.6 is 11.8 Å². The number of ether oxygens (including phenoxy) is 1. The second-order valence-corrected chi connectivity index (χ2v) is 5.73. The van der Waals surface area contributed by atoms with Gasteiger partial charge in [0.15, 0.2) is 0 Å². The van der Waals surface area contributed by atoms with Crippen molar-refractivity contribution in [1.82, 2.24) is 0 Å². The molecule has 1 N–H and O–H groups in total. The summed E-state index contributed by atoms with van der Waals surface area (Å²) in [5, 5.41) is 10.2. The number of carbonyl (C=O) groups is 2. The molecule has 102 valence electrons. The third kappa shape index (κ3) is 4.79. The van der Waals surface area contributed by atoms with Crippen LogP contribution in [0.1, 0.15) is 19.4 Å². The van der Waals surface area contributed by atoms with E-state index in [0.717, 1.165) is 18.1 Å². The topological polar surface area (TPSA) is 63.6 Å². The number of methoxy groups -OCH3 is 1. The molecule has 0 atom stereocenters. The summed E-state index contributed by atoms with van der Waals surface area (Å²) in [5.41, 5.74) is 0.477. The third-order valence-electron chi connectivity index (χ3n) is 2.18. The molecular formula is C14H16O4S. The first kappa shape index (κ1) is 15.3. The Balaban J connectivity index is 2.83. The molecule has 0 fully saturated rings. The maximum absolute atomic E-state index is 11.3. The zero-order chi connectivity index (χ0) is 14.4. The Morgan fingerprint density at radius 2 is 1.84 bits per heavy atom. The largest absolute Gasteiger partial charge is 0.507 e. The van der Waals surface area contributed by atoms with Gasteiger partial charge < -0.3 is 9.84 Å². The molecule has 0 unspecified atom stereocenters. The molecule has 0 radical (unpaired) electrons. The molecule has 0 aliphatic rings. The minimum atomic E-state index is -1.00. The molecule has 1 aromatic carbocycles. The first-order valence-electron chi connectivity index (χ1n) is 5.74. The SMILES string of the molecule is COC(=O)C(=O)/C=C(\O)c1ccc(SC(C)C)cc1. The smallest absolute Gasteiger partial charge is 0.378 e. The number of benzene rings is 1. The third-order valence-corrected chi connectivity index (χ3v) is 3.19. The van der Waals surface area contributed by atoms with Crippen LogP contribution in [0.5, 0.6) is 0 Å². The van der Waals surface area contributed by atoms with Crippen molar-refractivity contribution in [2.45, 2.75) is 24.0 Å². The van der Waals surface area contributed by atoms with E-state index in [2.05, 4.69) is 18.6 Å². The van der Waals surface area contributed by atoms with Gasteiger partial charge in [0.1, 0.15) is 5.76 Å². The van der Waals surface area contributed by atoms with Crippen LogP contribution in [-0.4, -0.2) is 29.2 Å². The van der Waals surface area contributed by atoms with Gasteiger partial charge in [0.2, 0.25) is 0 Å². The van der Waals surface area contributed by atoms with Crippen molar-refractivity contribution in [2.75, 3.05) is 7.11 Å². The summed E-state index contributed by atoms with van der Waals surface area (Å²) in [4.78, 5) is 23.3. The Kier molecular flexibility index (Phi) is 5.63. The molecule has 0 aliphatic carbocycles. The van der Waals surface area contributed by atoms with Gasteiger partial charge in [-0.05, 0) is 12.1 Å². The predicted octanol–water partition coefficient (Wildman–Crippen LogP) is 2.83. The predicted molar refractivity (Wildman–Crippen MR) is 75.1 cm³/mol. The number of hydrogen-bond acceptors (Lipinski definition) is 5. The van der Waals surface area contributed by atoms with E-state index in [1.807, 2.05) is 12.1 Å². The number of rotatable bonds is 5. The van der Waals surface area contributed by atoms with Crippen LogP contribution in [-0.2, 0) is 14.3 Å². The molecule has 4 nitrogen and oxygen atoms in total. The molecule has 1 aromatic rings. The fourth-order valence-corrected chi connectivity index (χ4v) is 2.18. The zero-order valence-electron chi connectivity index (χ0n) is 11.0. The van der Waals surface area contributed by atoms with Gasteiger partial charge in [0.25, 0.3) is 5.78 Å². The van der Waals surface area contributed by atoms with Crippen molar-refractivity contribution >= 4 is 29.3 Å². The first-order chi connectivity index (χ1) is 8.93. The Bertz CT molecular complexity index is 489. The minimum Gasteiger partial charge on any atom is -0.507 e. The highest BCUT2D eigenvalue weighted by Gasteiger charge is 2.12. The van der Waals surface area contributed by atoms with Crippen molar-refractivity contribution in [3.63, 3.8) is 0 Å². The van der Waals surface area contributed by atoms with Gasteiger partial charge >= 0.3 is 5.97 Å². The summed E-state index contributed by atoms with van der Waals surface area (Å²) in [7, 11) is 1.11. The van der Waals surface area contributed by atoms with Crippen LogP contribution in [0.3, 0.4) is 0 Å². The monoisotopic (exact) mass is 280 g/mol. The molecular weight excluding hydrogens is 264 g/mol. The lowest BCUT2D eigenvalue weighted by molar-refractivity contribution is -0.149. The van der Waals surface area contributed by atoms with E-state index in [-0.39, 0.29) is 5.76 Å². The molecule has 0 amide bonds. The molecule has 0 bridgehead atoms. The molecule has 0 spiro atoms. The first-order valence-corrected chi connectivity index (χ1v) is 6.62. The molecule has 0 heterocycles. The normalized spacial score (nSPS) is 11.5. The van der Waals surface area contributed by atoms with E-state index in [1.54, 1.807) is 23.9 Å². The molecule has 5 heteroatoms. The van der Waals surface area contributed by atoms with Crippen LogP contribution in [0, 0.1) is 0 Å². The standard InChI is InChI=1S/C14H16O4S/c1-9(2)19-11-6-4-10(5-7-11)12(15)8-13(16)14(17)18-3/h4-9,15H,1-3H3/b12-8-. The van der Waals surface area contributed by atoms with Crippen LogP contribution in [0.4, 0.5) is 0 Å². The van der Waals surface area contributed by atoms with Gasteiger partial charge in [-0.3, -0.25) is 4.79 Å². The second-order valence-electron chi connectivity index (χ2n) is 4.08. The van der Waals surface area contributed by atoms with E-state index in [4.69, 9.17) is 0 Å². The van der Waals surface area contributed by atoms with Crippen molar-refractivity contribution < 1.29 is 19.4 Å². The molecule has 0 saturated carbocycles. The lowest BCUT2D eigenvalue weighted by Gasteiger charge is -2.05. The van der Waals surface area contributed by atoms with Crippen molar-refractivity contribution in [2.24, 2.45) is 0 Å². The van der Waals surface area contributed by atoms with Crippen molar-refractivity contribution in [3.8, 4) is 0 Å². The van der Waals surface area contributed by atoms with Crippen LogP contribution in [0.2, 0.25) is 0 Å². The summed E-state index contributed by atoms with van der Waals surface area (Å²) >= 11 is 1.70. The van der Waals surface area contributed by atoms with Gasteiger partial charge in [0.05, 0.1) is 7.11 Å². The van der Waals surface area contributed by atoms with Gasteiger partial charge in [-0.15, -0.1) is 11.8 Å². The molecule has 0 saturated heterocycles. The number of carbonyl (C=O) groups excluding carboxylic acids is 2. The van der Waals surface area contributed by atoms with Gasteiger partial charge in [-0.1, -0.05) is 26.0 Å². The van der Waals surface area contributed by atoms with E-state index in [9.17, 15) is 14.7 Å². The quantitative estimate of drug-likeness (QED) is 0.295. The second kappa shape index (κ2) is 6.99. The lowest BCUT2D eigenvalue weighted by Crippen LogP contribution is -2.13. The fraction of sp³-hybridized carbons (Fsp3) is 0.286. The Morgan fingerprint density at radius 1 is 1.26 bits per heavy atom. The highest BCUT2D eigenvalue weighted by Crippen LogP contribution is 2.24. The summed E-state index contributed by atoms with van der Waals surface area (Å²) in [6.45, 7) is 4.18. The summed E-state index contributed by atoms with van der Waals surface area (Å²) < 4.78 is 4.26. The summed E-state index contributed by atoms with van der Waals surface area (Å²) in [6.07, 6.45) is 0.858. The number of esters is 1. The van der Waals surface area contributed by atoms with Crippen LogP contribution in [0.25, 0.3) is 5.76 Å². The maximum Gasteiger partial charge on any atom is 0.378 e. The van der Waals surface area contributed by atoms with Crippen LogP contribution in [0.15, 0.2) is 35.2 Å². The van der Waals surface area contributed by atoms with Gasteiger partial charge in [-0.2, -0.15) is 0 Å². The number of hydrogen-bond donors (Lipinski definition) is 1. The van der Waals surface area contributed by atoms with E-state index < -0.39 is 11.8 Å². The highest BCUT2D eigenvalue weighted by molar-refractivity contribution is 7.99. The van der Waals surface area contributed by atoms with Crippen LogP contribution < -0.4 is 0 Å². The molecule has 0 aliphatic heterocycles. The number of aliphatic hydroxyl groups excluding tert-OH is 1. The zero-order valence-corrected chi connectivity index (χ0v) is 11.9. The number of ketones is 1. The van der Waals surface area contributed by atoms with Gasteiger partial charge in [0, 0.05) is 21.8 Å². The lowest BCUT2D eigenvalue weighted by atomic mass is 10.1. The fourth-order valence-electron chi connectivity index (χ4n) is 1.34. The average Bonchev–Trinajstić information content (AvgIpc) is 2.37. The Hall–Kier alpha value is -1.75. The molecule has 19 heavy (non-hydrogen) atoms. The number of aliphatic hydroxyl groups is 1. The summed E-state index contributed by atoms with van der Waals surface area (Å²) in [6, 6.07) is 7.10. The van der Waals surface area contributed by atoms with Gasteiger partial charge in [-0.25, -0.2) is 4.79 Å². The molecule has 1 rings (SSSR count). The van der Waals surface area contributed by atoms with Crippen molar-refractivity contribution in [3.05, 3.63) is 35.9 Å². The number of thioether (sulfide) groups is 1. The van der Waals surface area contributed by atoms with Crippen molar-refractivity contribution in [1.29, 1.82) is 0 Å². The maximum atomic E-state index is 11.3. The average molecular weight is 280 g/mol. The minimum absolute atomic E-state index is 0.253. The van der Waals surface area contributed by atoms with E-state index >= 15 is 0 Å². The highest BCUT2D eigenvalue weighted by atomic mass is 32.2. The Morgan fingerprint density at radius 3 is 2.32 bits per heavy atom. The van der Waals surface area contributed by atoms with E-state index in [0.29, 0.717) is 10.8 Å². The molecule has 0 aromatic heterocycles. The van der Waals surface area contributed by atoms with E-state index in [1.165, 1.54) is 0 Å². The Labute approximate surface area is 116 Å².